The summed E-state index contributed by atoms with van der Waals surface area (Å²) in [7, 11) is 0. The van der Waals surface area contributed by atoms with E-state index in [1.54, 1.807) is 0 Å². The van der Waals surface area contributed by atoms with Crippen molar-refractivity contribution in [1.82, 2.24) is 5.32 Å². The highest BCUT2D eigenvalue weighted by Gasteiger charge is 2.29. The zero-order valence-corrected chi connectivity index (χ0v) is 9.73. The second-order valence-electron chi connectivity index (χ2n) is 3.82. The molecular weight excluding hydrogens is 174 g/mol. The van der Waals surface area contributed by atoms with Crippen molar-refractivity contribution in [3.8, 4) is 0 Å². The standard InChI is InChI=1S/C12H23NO/c1-5-8-9-10-12(4,13-7-3)11(14)6-2/h5,13H,1,6-10H2,2-4H3/t12-/m0/s1. The fourth-order valence-electron chi connectivity index (χ4n) is 1.71. The van der Waals surface area contributed by atoms with Gasteiger partial charge in [0.15, 0.2) is 5.78 Å². The Morgan fingerprint density at radius 3 is 2.57 bits per heavy atom. The maximum atomic E-state index is 11.7. The summed E-state index contributed by atoms with van der Waals surface area (Å²) in [5, 5.41) is 3.28. The quantitative estimate of drug-likeness (QED) is 0.479. The third-order valence-corrected chi connectivity index (χ3v) is 2.59. The fraction of sp³-hybridized carbons (Fsp3) is 0.750. The van der Waals surface area contributed by atoms with E-state index in [9.17, 15) is 4.79 Å². The van der Waals surface area contributed by atoms with Gasteiger partial charge in [0.2, 0.25) is 0 Å². The van der Waals surface area contributed by atoms with E-state index in [0.717, 1.165) is 25.8 Å². The van der Waals surface area contributed by atoms with Gasteiger partial charge in [-0.25, -0.2) is 0 Å². The number of unbranched alkanes of at least 4 members (excludes halogenated alkanes) is 1. The van der Waals surface area contributed by atoms with Gasteiger partial charge in [0.05, 0.1) is 5.54 Å². The molecular formula is C12H23NO. The van der Waals surface area contributed by atoms with Gasteiger partial charge in [-0.15, -0.1) is 6.58 Å². The number of nitrogens with one attached hydrogen (secondary N) is 1. The van der Waals surface area contributed by atoms with Crippen LogP contribution < -0.4 is 5.32 Å². The lowest BCUT2D eigenvalue weighted by Gasteiger charge is -2.28. The Labute approximate surface area is 87.8 Å². The highest BCUT2D eigenvalue weighted by atomic mass is 16.1. The van der Waals surface area contributed by atoms with E-state index < -0.39 is 0 Å². The molecule has 1 atom stereocenters. The number of hydrogen-bond acceptors (Lipinski definition) is 2. The number of carbonyl (C=O) groups is 1. The minimum Gasteiger partial charge on any atom is -0.305 e. The number of likely N-dealkylation sites (N-methyl/N-ethyl adjacent to an activating group) is 1. The van der Waals surface area contributed by atoms with Gasteiger partial charge in [0, 0.05) is 6.42 Å². The number of allylic oxidation sites excluding steroid dienone is 1. The van der Waals surface area contributed by atoms with Crippen LogP contribution in [-0.2, 0) is 4.79 Å². The summed E-state index contributed by atoms with van der Waals surface area (Å²) >= 11 is 0. The number of carbonyl (C=O) groups excluding carboxylic acids is 1. The zero-order valence-electron chi connectivity index (χ0n) is 9.73. The number of ketones is 1. The van der Waals surface area contributed by atoms with Gasteiger partial charge < -0.3 is 5.32 Å². The maximum Gasteiger partial charge on any atom is 0.152 e. The Bertz CT molecular complexity index is 189. The molecule has 0 saturated heterocycles. The fourth-order valence-corrected chi connectivity index (χ4v) is 1.71. The molecule has 14 heavy (non-hydrogen) atoms. The molecule has 2 heteroatoms. The van der Waals surface area contributed by atoms with E-state index in [1.165, 1.54) is 0 Å². The van der Waals surface area contributed by atoms with Crippen molar-refractivity contribution in [2.75, 3.05) is 6.54 Å². The predicted molar refractivity (Wildman–Crippen MR) is 61.4 cm³/mol. The third-order valence-electron chi connectivity index (χ3n) is 2.59. The van der Waals surface area contributed by atoms with Crippen LogP contribution >= 0.6 is 0 Å². The molecule has 1 N–H and O–H groups in total. The van der Waals surface area contributed by atoms with Gasteiger partial charge in [-0.2, -0.15) is 0 Å². The highest BCUT2D eigenvalue weighted by molar-refractivity contribution is 5.87. The van der Waals surface area contributed by atoms with Crippen LogP contribution in [0.4, 0.5) is 0 Å². The molecule has 0 aromatic rings. The van der Waals surface area contributed by atoms with Crippen molar-refractivity contribution in [3.05, 3.63) is 12.7 Å². The first-order valence-corrected chi connectivity index (χ1v) is 5.50. The Morgan fingerprint density at radius 1 is 1.50 bits per heavy atom. The van der Waals surface area contributed by atoms with E-state index in [-0.39, 0.29) is 5.54 Å². The van der Waals surface area contributed by atoms with E-state index in [2.05, 4.69) is 11.9 Å². The summed E-state index contributed by atoms with van der Waals surface area (Å²) in [6.07, 6.45) is 5.43. The van der Waals surface area contributed by atoms with Crippen molar-refractivity contribution >= 4 is 5.78 Å². The first-order chi connectivity index (χ1) is 6.60. The molecule has 0 aliphatic carbocycles. The summed E-state index contributed by atoms with van der Waals surface area (Å²) in [4.78, 5) is 11.7. The van der Waals surface area contributed by atoms with Crippen LogP contribution in [0.25, 0.3) is 0 Å². The smallest absolute Gasteiger partial charge is 0.152 e. The SMILES string of the molecule is C=CCCC[C@](C)(NCC)C(=O)CC. The highest BCUT2D eigenvalue weighted by Crippen LogP contribution is 2.16. The first-order valence-electron chi connectivity index (χ1n) is 5.50. The molecule has 0 aliphatic heterocycles. The molecule has 2 nitrogen and oxygen atoms in total. The summed E-state index contributed by atoms with van der Waals surface area (Å²) < 4.78 is 0. The Morgan fingerprint density at radius 2 is 2.14 bits per heavy atom. The Kier molecular flexibility index (Phi) is 6.46. The van der Waals surface area contributed by atoms with Crippen LogP contribution in [-0.4, -0.2) is 17.9 Å². The topological polar surface area (TPSA) is 29.1 Å². The third kappa shape index (κ3) is 4.05. The first kappa shape index (κ1) is 13.4. The largest absolute Gasteiger partial charge is 0.305 e. The van der Waals surface area contributed by atoms with Crippen LogP contribution in [0.3, 0.4) is 0 Å². The van der Waals surface area contributed by atoms with Crippen LogP contribution in [0.15, 0.2) is 12.7 Å². The van der Waals surface area contributed by atoms with Gasteiger partial charge in [-0.3, -0.25) is 4.79 Å². The predicted octanol–water partition coefficient (Wildman–Crippen LogP) is 2.69. The summed E-state index contributed by atoms with van der Waals surface area (Å²) in [6, 6.07) is 0. The molecule has 82 valence electrons. The molecule has 0 fully saturated rings. The molecule has 0 amide bonds. The lowest BCUT2D eigenvalue weighted by atomic mass is 9.88. The molecule has 0 spiro atoms. The van der Waals surface area contributed by atoms with E-state index in [4.69, 9.17) is 0 Å². The minimum absolute atomic E-state index is 0.309. The van der Waals surface area contributed by atoms with E-state index in [0.29, 0.717) is 12.2 Å². The average molecular weight is 197 g/mol. The minimum atomic E-state index is -0.327. The van der Waals surface area contributed by atoms with Crippen molar-refractivity contribution in [2.24, 2.45) is 0 Å². The van der Waals surface area contributed by atoms with Crippen LogP contribution in [0.2, 0.25) is 0 Å². The van der Waals surface area contributed by atoms with Gasteiger partial charge in [-0.05, 0) is 32.7 Å². The maximum absolute atomic E-state index is 11.7. The van der Waals surface area contributed by atoms with Gasteiger partial charge >= 0.3 is 0 Å². The molecule has 0 bridgehead atoms. The molecule has 0 saturated carbocycles. The number of hydrogen-bond donors (Lipinski definition) is 1. The van der Waals surface area contributed by atoms with E-state index >= 15 is 0 Å². The van der Waals surface area contributed by atoms with Crippen molar-refractivity contribution in [1.29, 1.82) is 0 Å². The van der Waals surface area contributed by atoms with Gasteiger partial charge in [-0.1, -0.05) is 19.9 Å². The second-order valence-corrected chi connectivity index (χ2v) is 3.82. The molecule has 0 aromatic heterocycles. The Balaban J connectivity index is 4.22. The number of rotatable bonds is 8. The summed E-state index contributed by atoms with van der Waals surface area (Å²) in [5.74, 6) is 0.309. The molecule has 0 radical (unpaired) electrons. The lowest BCUT2D eigenvalue weighted by molar-refractivity contribution is -0.124. The normalized spacial score (nSPS) is 14.8. The second kappa shape index (κ2) is 6.77. The van der Waals surface area contributed by atoms with Gasteiger partial charge in [0.1, 0.15) is 0 Å². The lowest BCUT2D eigenvalue weighted by Crippen LogP contribution is -2.49. The number of Topliss-reactive ketones (excluding diaryl/α,β-unsaturated/α-hetero) is 1. The summed E-state index contributed by atoms with van der Waals surface area (Å²) in [6.45, 7) is 10.5. The molecule has 0 heterocycles. The Hall–Kier alpha value is -0.630. The average Bonchev–Trinajstić information content (AvgIpc) is 2.17. The van der Waals surface area contributed by atoms with E-state index in [1.807, 2.05) is 26.8 Å². The zero-order chi connectivity index (χ0) is 11.0. The van der Waals surface area contributed by atoms with Crippen LogP contribution in [0.1, 0.15) is 46.5 Å². The van der Waals surface area contributed by atoms with Crippen molar-refractivity contribution in [3.63, 3.8) is 0 Å². The monoisotopic (exact) mass is 197 g/mol. The van der Waals surface area contributed by atoms with Crippen molar-refractivity contribution in [2.45, 2.75) is 52.0 Å². The van der Waals surface area contributed by atoms with Crippen LogP contribution in [0, 0.1) is 0 Å². The molecule has 0 aromatic carbocycles. The molecule has 0 aliphatic rings. The van der Waals surface area contributed by atoms with Crippen LogP contribution in [0.5, 0.6) is 0 Å². The molecule has 0 unspecified atom stereocenters. The van der Waals surface area contributed by atoms with Gasteiger partial charge in [0.25, 0.3) is 0 Å². The summed E-state index contributed by atoms with van der Waals surface area (Å²) in [5.41, 5.74) is -0.327. The van der Waals surface area contributed by atoms with Crippen molar-refractivity contribution < 1.29 is 4.79 Å². The molecule has 0 rings (SSSR count).